The van der Waals surface area contributed by atoms with E-state index in [1.165, 1.54) is 16.7 Å². The smallest absolute Gasteiger partial charge is 0.658 e. The van der Waals surface area contributed by atoms with E-state index in [0.29, 0.717) is 0 Å². The Labute approximate surface area is 190 Å². The molecule has 1 nitrogen and oxygen atoms in total. The van der Waals surface area contributed by atoms with Crippen molar-refractivity contribution >= 4 is 36.2 Å². The molecule has 2 aromatic rings. The first-order valence-electron chi connectivity index (χ1n) is 8.02. The monoisotopic (exact) mass is 465 g/mol. The SMILES string of the molecule is CC1=[C-]C(C)(C)C(C)=C1C.Cl.Cl.[Zr+2].c1ccc([N-]c2ccccc2)cc1. The van der Waals surface area contributed by atoms with Gasteiger partial charge in [-0.2, -0.15) is 11.1 Å². The van der Waals surface area contributed by atoms with Gasteiger partial charge in [-0.3, -0.25) is 6.08 Å². The zero-order valence-electron chi connectivity index (χ0n) is 16.0. The number of hydrogen-bond donors (Lipinski definition) is 0. The van der Waals surface area contributed by atoms with Crippen LogP contribution in [0.4, 0.5) is 11.4 Å². The molecule has 138 valence electrons. The van der Waals surface area contributed by atoms with Crippen molar-refractivity contribution < 1.29 is 26.2 Å². The molecular formula is C22H27Cl2NZr. The summed E-state index contributed by atoms with van der Waals surface area (Å²) in [5, 5.41) is 4.44. The molecule has 0 amide bonds. The minimum Gasteiger partial charge on any atom is -0.658 e. The normalized spacial score (nSPS) is 13.8. The van der Waals surface area contributed by atoms with Gasteiger partial charge >= 0.3 is 26.2 Å². The van der Waals surface area contributed by atoms with Crippen molar-refractivity contribution in [3.63, 3.8) is 0 Å². The molecular weight excluding hydrogens is 440 g/mol. The standard InChI is InChI=1S/C12H10N.C10H15.2ClH.Zr/c1-3-7-11(8-4-1)13-12-9-5-2-6-10-12;1-7-6-10(4,5)9(3)8(7)2;;;/h1-10H;1-5H3;2*1H;/q2*-1;;;+2. The predicted octanol–water partition coefficient (Wildman–Crippen LogP) is 7.98. The van der Waals surface area contributed by atoms with E-state index >= 15 is 0 Å². The van der Waals surface area contributed by atoms with Crippen molar-refractivity contribution in [1.82, 2.24) is 0 Å². The van der Waals surface area contributed by atoms with Crippen molar-refractivity contribution in [2.24, 2.45) is 5.41 Å². The third-order valence-electron chi connectivity index (χ3n) is 4.33. The summed E-state index contributed by atoms with van der Waals surface area (Å²) in [7, 11) is 0. The molecule has 0 atom stereocenters. The van der Waals surface area contributed by atoms with Gasteiger partial charge in [-0.15, -0.1) is 43.1 Å². The van der Waals surface area contributed by atoms with Crippen LogP contribution in [0.25, 0.3) is 5.32 Å². The maximum atomic E-state index is 4.44. The van der Waals surface area contributed by atoms with Gasteiger partial charge < -0.3 is 5.32 Å². The summed E-state index contributed by atoms with van der Waals surface area (Å²) in [6, 6.07) is 19.9. The molecule has 0 spiro atoms. The van der Waals surface area contributed by atoms with Gasteiger partial charge in [0, 0.05) is 0 Å². The molecule has 0 saturated carbocycles. The fraction of sp³-hybridized carbons (Fsp3) is 0.273. The zero-order valence-corrected chi connectivity index (χ0v) is 20.1. The van der Waals surface area contributed by atoms with E-state index in [0.717, 1.165) is 11.4 Å². The van der Waals surface area contributed by atoms with Crippen LogP contribution in [-0.2, 0) is 26.2 Å². The largest absolute Gasteiger partial charge is 2.00 e. The van der Waals surface area contributed by atoms with Gasteiger partial charge in [0.2, 0.25) is 0 Å². The fourth-order valence-corrected chi connectivity index (χ4v) is 2.56. The summed E-state index contributed by atoms with van der Waals surface area (Å²) >= 11 is 0. The Kier molecular flexibility index (Phi) is 13.2. The number of nitrogens with zero attached hydrogens (tertiary/aromatic N) is 1. The summed E-state index contributed by atoms with van der Waals surface area (Å²) < 4.78 is 0. The van der Waals surface area contributed by atoms with Crippen LogP contribution < -0.4 is 0 Å². The Bertz CT molecular complexity index is 670. The topological polar surface area (TPSA) is 14.1 Å². The molecule has 2 aromatic carbocycles. The number of rotatable bonds is 2. The van der Waals surface area contributed by atoms with Crippen LogP contribution in [0.3, 0.4) is 0 Å². The summed E-state index contributed by atoms with van der Waals surface area (Å²) in [4.78, 5) is 0. The van der Waals surface area contributed by atoms with Crippen molar-refractivity contribution in [2.45, 2.75) is 34.6 Å². The van der Waals surface area contributed by atoms with Crippen LogP contribution in [0, 0.1) is 11.5 Å². The Morgan fingerprint density at radius 3 is 1.35 bits per heavy atom. The van der Waals surface area contributed by atoms with Crippen molar-refractivity contribution in [3.8, 4) is 0 Å². The van der Waals surface area contributed by atoms with E-state index in [9.17, 15) is 0 Å². The maximum absolute atomic E-state index is 4.44. The summed E-state index contributed by atoms with van der Waals surface area (Å²) in [5.74, 6) is 0. The summed E-state index contributed by atoms with van der Waals surface area (Å²) in [6.07, 6.45) is 3.44. The third-order valence-corrected chi connectivity index (χ3v) is 4.33. The van der Waals surface area contributed by atoms with Crippen LogP contribution in [0.5, 0.6) is 0 Å². The molecule has 0 bridgehead atoms. The maximum Gasteiger partial charge on any atom is 2.00 e. The van der Waals surface area contributed by atoms with Gasteiger partial charge in [0.1, 0.15) is 0 Å². The van der Waals surface area contributed by atoms with Crippen LogP contribution in [0.2, 0.25) is 0 Å². The van der Waals surface area contributed by atoms with E-state index in [1.807, 2.05) is 60.7 Å². The first-order valence-corrected chi connectivity index (χ1v) is 8.02. The van der Waals surface area contributed by atoms with E-state index < -0.39 is 0 Å². The molecule has 1 aliphatic carbocycles. The van der Waals surface area contributed by atoms with E-state index in [-0.39, 0.29) is 56.4 Å². The number of para-hydroxylation sites is 2. The molecule has 26 heavy (non-hydrogen) atoms. The Morgan fingerprint density at radius 2 is 1.12 bits per heavy atom. The number of allylic oxidation sites excluding steroid dienone is 4. The second-order valence-corrected chi connectivity index (χ2v) is 6.41. The molecule has 4 heteroatoms. The summed E-state index contributed by atoms with van der Waals surface area (Å²) in [6.45, 7) is 10.9. The first-order chi connectivity index (χ1) is 10.9. The second kappa shape index (κ2) is 12.5. The first kappa shape index (κ1) is 27.4. The number of halogens is 2. The average molecular weight is 468 g/mol. The molecule has 0 aromatic heterocycles. The quantitative estimate of drug-likeness (QED) is 0.398. The number of benzene rings is 2. The third kappa shape index (κ3) is 7.82. The van der Waals surface area contributed by atoms with Crippen LogP contribution in [0.1, 0.15) is 34.6 Å². The fourth-order valence-electron chi connectivity index (χ4n) is 2.56. The summed E-state index contributed by atoms with van der Waals surface area (Å²) in [5.41, 5.74) is 6.38. The van der Waals surface area contributed by atoms with E-state index in [4.69, 9.17) is 0 Å². The molecule has 1 aliphatic rings. The van der Waals surface area contributed by atoms with Crippen LogP contribution in [-0.4, -0.2) is 0 Å². The molecule has 3 rings (SSSR count). The molecule has 0 saturated heterocycles. The van der Waals surface area contributed by atoms with Gasteiger partial charge in [0.05, 0.1) is 0 Å². The minimum absolute atomic E-state index is 0. The predicted molar refractivity (Wildman–Crippen MR) is 115 cm³/mol. The molecule has 0 aliphatic heterocycles. The van der Waals surface area contributed by atoms with E-state index in [2.05, 4.69) is 46.0 Å². The van der Waals surface area contributed by atoms with E-state index in [1.54, 1.807) is 0 Å². The van der Waals surface area contributed by atoms with Crippen LogP contribution in [0.15, 0.2) is 77.4 Å². The van der Waals surface area contributed by atoms with Gasteiger partial charge in [-0.1, -0.05) is 93.8 Å². The Morgan fingerprint density at radius 1 is 0.731 bits per heavy atom. The Balaban J connectivity index is 0. The molecule has 0 heterocycles. The average Bonchev–Trinajstić information content (AvgIpc) is 2.72. The van der Waals surface area contributed by atoms with Crippen molar-refractivity contribution in [1.29, 1.82) is 0 Å². The van der Waals surface area contributed by atoms with Gasteiger partial charge in [0.25, 0.3) is 0 Å². The number of hydrogen-bond acceptors (Lipinski definition) is 0. The second-order valence-electron chi connectivity index (χ2n) is 6.41. The van der Waals surface area contributed by atoms with Crippen molar-refractivity contribution in [2.75, 3.05) is 0 Å². The van der Waals surface area contributed by atoms with Crippen LogP contribution >= 0.6 is 24.8 Å². The molecule has 0 fully saturated rings. The molecule has 0 N–H and O–H groups in total. The molecule has 0 radical (unpaired) electrons. The van der Waals surface area contributed by atoms with Crippen molar-refractivity contribution in [3.05, 3.63) is 88.8 Å². The molecule has 0 unspecified atom stereocenters. The van der Waals surface area contributed by atoms with Gasteiger partial charge in [-0.05, 0) is 0 Å². The van der Waals surface area contributed by atoms with Gasteiger partial charge in [0.15, 0.2) is 0 Å². The Hall–Kier alpha value is -0.817. The van der Waals surface area contributed by atoms with Gasteiger partial charge in [-0.25, -0.2) is 5.57 Å². The minimum atomic E-state index is 0. The zero-order chi connectivity index (χ0) is 16.9.